The fourth-order valence-corrected chi connectivity index (χ4v) is 2.98. The van der Waals surface area contributed by atoms with Gasteiger partial charge in [0, 0.05) is 16.7 Å². The monoisotopic (exact) mass is 384 g/mol. The summed E-state index contributed by atoms with van der Waals surface area (Å²) in [4.78, 5) is 15.9. The highest BCUT2D eigenvalue weighted by atomic mass is 79.9. The molecule has 116 valence electrons. The Labute approximate surface area is 133 Å². The predicted octanol–water partition coefficient (Wildman–Crippen LogP) is 4.35. The zero-order valence-corrected chi connectivity index (χ0v) is 13.2. The van der Waals surface area contributed by atoms with Crippen molar-refractivity contribution in [1.29, 1.82) is 0 Å². The Balaban J connectivity index is 2.04. The topological polar surface area (TPSA) is 42.0 Å². The predicted molar refractivity (Wildman–Crippen MR) is 76.2 cm³/mol. The van der Waals surface area contributed by atoms with Gasteiger partial charge >= 0.3 is 6.18 Å². The summed E-state index contributed by atoms with van der Waals surface area (Å²) in [6, 6.07) is 1.00. The molecule has 1 fully saturated rings. The molecule has 1 saturated carbocycles. The molecule has 1 aliphatic rings. The maximum atomic E-state index is 12.7. The molecule has 3 nitrogen and oxygen atoms in total. The number of hydrogen-bond donors (Lipinski definition) is 1. The summed E-state index contributed by atoms with van der Waals surface area (Å²) in [5.41, 5.74) is 0.153. The third-order valence-corrected chi connectivity index (χ3v) is 4.26. The molecule has 1 aromatic rings. The lowest BCUT2D eigenvalue weighted by atomic mass is 9.85. The van der Waals surface area contributed by atoms with Gasteiger partial charge in [-0.3, -0.25) is 4.79 Å². The number of alkyl halides is 3. The summed E-state index contributed by atoms with van der Waals surface area (Å²) in [5.74, 6) is -1.85. The van der Waals surface area contributed by atoms with Gasteiger partial charge in [0.15, 0.2) is 0 Å². The van der Waals surface area contributed by atoms with Gasteiger partial charge in [0.05, 0.1) is 11.5 Å². The number of carbonyl (C=O) groups excluding carboxylic acids is 1. The number of amides is 1. The van der Waals surface area contributed by atoms with Crippen LogP contribution in [0.5, 0.6) is 0 Å². The second-order valence-electron chi connectivity index (χ2n) is 5.07. The van der Waals surface area contributed by atoms with Gasteiger partial charge in [0.1, 0.15) is 5.15 Å². The Morgan fingerprint density at radius 3 is 2.81 bits per heavy atom. The van der Waals surface area contributed by atoms with Crippen molar-refractivity contribution < 1.29 is 18.0 Å². The van der Waals surface area contributed by atoms with E-state index in [9.17, 15) is 18.0 Å². The van der Waals surface area contributed by atoms with Crippen molar-refractivity contribution in [3.8, 4) is 0 Å². The van der Waals surface area contributed by atoms with Gasteiger partial charge in [0.25, 0.3) is 5.91 Å². The molecule has 0 radical (unpaired) electrons. The Bertz CT molecular complexity index is 539. The summed E-state index contributed by atoms with van der Waals surface area (Å²) in [6.45, 7) is 0. The molecule has 0 bridgehead atoms. The van der Waals surface area contributed by atoms with E-state index in [1.807, 2.05) is 0 Å². The molecule has 2 unspecified atom stereocenters. The number of rotatable bonds is 2. The minimum atomic E-state index is -4.21. The van der Waals surface area contributed by atoms with Gasteiger partial charge in [-0.05, 0) is 41.3 Å². The van der Waals surface area contributed by atoms with E-state index in [4.69, 9.17) is 11.6 Å². The Morgan fingerprint density at radius 2 is 2.14 bits per heavy atom. The Morgan fingerprint density at radius 1 is 1.43 bits per heavy atom. The highest BCUT2D eigenvalue weighted by Gasteiger charge is 2.42. The highest BCUT2D eigenvalue weighted by molar-refractivity contribution is 9.10. The van der Waals surface area contributed by atoms with Crippen LogP contribution in [0.3, 0.4) is 0 Å². The van der Waals surface area contributed by atoms with Crippen LogP contribution in [0.4, 0.5) is 13.2 Å². The molecule has 0 aliphatic heterocycles. The third kappa shape index (κ3) is 4.32. The first-order valence-corrected chi connectivity index (χ1v) is 7.63. The van der Waals surface area contributed by atoms with Crippen molar-refractivity contribution in [2.24, 2.45) is 5.92 Å². The van der Waals surface area contributed by atoms with Crippen LogP contribution in [0.1, 0.15) is 36.0 Å². The number of halogens is 5. The molecule has 1 heterocycles. The van der Waals surface area contributed by atoms with Gasteiger partial charge in [-0.15, -0.1) is 0 Å². The molecule has 1 aliphatic carbocycles. The molecule has 0 aromatic carbocycles. The van der Waals surface area contributed by atoms with Crippen molar-refractivity contribution in [2.45, 2.75) is 37.9 Å². The first-order chi connectivity index (χ1) is 9.77. The van der Waals surface area contributed by atoms with E-state index in [1.54, 1.807) is 0 Å². The molecule has 21 heavy (non-hydrogen) atoms. The van der Waals surface area contributed by atoms with Crippen LogP contribution in [-0.4, -0.2) is 23.1 Å². The maximum absolute atomic E-state index is 12.7. The number of pyridine rings is 1. The van der Waals surface area contributed by atoms with Gasteiger partial charge in [-0.1, -0.05) is 18.0 Å². The lowest BCUT2D eigenvalue weighted by molar-refractivity contribution is -0.183. The first kappa shape index (κ1) is 16.5. The van der Waals surface area contributed by atoms with Crippen LogP contribution in [-0.2, 0) is 0 Å². The van der Waals surface area contributed by atoms with Crippen molar-refractivity contribution in [1.82, 2.24) is 10.3 Å². The van der Waals surface area contributed by atoms with Crippen LogP contribution >= 0.6 is 27.5 Å². The molecular formula is C13H13BrClF3N2O. The van der Waals surface area contributed by atoms with Gasteiger partial charge in [0.2, 0.25) is 0 Å². The van der Waals surface area contributed by atoms with Crippen LogP contribution in [0.15, 0.2) is 16.7 Å². The van der Waals surface area contributed by atoms with Crippen LogP contribution < -0.4 is 5.32 Å². The van der Waals surface area contributed by atoms with E-state index >= 15 is 0 Å². The summed E-state index contributed by atoms with van der Waals surface area (Å²) in [7, 11) is 0. The number of hydrogen-bond acceptors (Lipinski definition) is 2. The van der Waals surface area contributed by atoms with E-state index in [1.165, 1.54) is 12.3 Å². The summed E-state index contributed by atoms with van der Waals surface area (Å²) in [6.07, 6.45) is -1.75. The fraction of sp³-hybridized carbons (Fsp3) is 0.538. The molecular weight excluding hydrogens is 373 g/mol. The lowest BCUT2D eigenvalue weighted by Gasteiger charge is -2.31. The Kier molecular flexibility index (Phi) is 5.14. The normalized spacial score (nSPS) is 22.9. The average molecular weight is 386 g/mol. The molecule has 2 atom stereocenters. The van der Waals surface area contributed by atoms with Gasteiger partial charge in [-0.25, -0.2) is 4.98 Å². The fourth-order valence-electron chi connectivity index (χ4n) is 2.46. The van der Waals surface area contributed by atoms with E-state index in [0.717, 1.165) is 0 Å². The molecule has 0 spiro atoms. The van der Waals surface area contributed by atoms with E-state index in [0.29, 0.717) is 17.3 Å². The summed E-state index contributed by atoms with van der Waals surface area (Å²) < 4.78 is 38.8. The second-order valence-corrected chi connectivity index (χ2v) is 6.34. The molecule has 0 saturated heterocycles. The smallest absolute Gasteiger partial charge is 0.349 e. The molecule has 1 amide bonds. The molecule has 8 heteroatoms. The van der Waals surface area contributed by atoms with Crippen LogP contribution in [0, 0.1) is 5.92 Å². The van der Waals surface area contributed by atoms with Crippen molar-refractivity contribution in [3.05, 3.63) is 27.5 Å². The minimum Gasteiger partial charge on any atom is -0.349 e. The standard InChI is InChI=1S/C13H13BrClF3N2O/c14-8-5-10(11(15)19-6-8)12(21)20-9-3-1-2-7(4-9)13(16,17)18/h5-7,9H,1-4H2,(H,20,21). The van der Waals surface area contributed by atoms with E-state index in [-0.39, 0.29) is 23.6 Å². The maximum Gasteiger partial charge on any atom is 0.391 e. The van der Waals surface area contributed by atoms with Gasteiger partial charge < -0.3 is 5.32 Å². The largest absolute Gasteiger partial charge is 0.391 e. The Hall–Kier alpha value is -0.820. The SMILES string of the molecule is O=C(NC1CCCC(C(F)(F)F)C1)c1cc(Br)cnc1Cl. The second kappa shape index (κ2) is 6.52. The molecule has 1 aromatic heterocycles. The van der Waals surface area contributed by atoms with Crippen LogP contribution in [0.25, 0.3) is 0 Å². The summed E-state index contributed by atoms with van der Waals surface area (Å²) in [5, 5.41) is 2.65. The van der Waals surface area contributed by atoms with E-state index < -0.39 is 24.0 Å². The lowest BCUT2D eigenvalue weighted by Crippen LogP contribution is -2.41. The third-order valence-electron chi connectivity index (χ3n) is 3.52. The van der Waals surface area contributed by atoms with Crippen molar-refractivity contribution in [2.75, 3.05) is 0 Å². The minimum absolute atomic E-state index is 0.0267. The molecule has 2 rings (SSSR count). The quantitative estimate of drug-likeness (QED) is 0.769. The average Bonchev–Trinajstić information content (AvgIpc) is 2.41. The summed E-state index contributed by atoms with van der Waals surface area (Å²) >= 11 is 9.01. The number of aromatic nitrogens is 1. The number of nitrogens with one attached hydrogen (secondary N) is 1. The van der Waals surface area contributed by atoms with E-state index in [2.05, 4.69) is 26.2 Å². The van der Waals surface area contributed by atoms with Crippen LogP contribution in [0.2, 0.25) is 5.15 Å². The zero-order chi connectivity index (χ0) is 15.6. The highest BCUT2D eigenvalue weighted by Crippen LogP contribution is 2.37. The number of nitrogens with zero attached hydrogens (tertiary/aromatic N) is 1. The zero-order valence-electron chi connectivity index (χ0n) is 10.9. The van der Waals surface area contributed by atoms with Crippen molar-refractivity contribution in [3.63, 3.8) is 0 Å². The number of carbonyl (C=O) groups is 1. The van der Waals surface area contributed by atoms with Crippen molar-refractivity contribution >= 4 is 33.4 Å². The first-order valence-electron chi connectivity index (χ1n) is 6.46. The van der Waals surface area contributed by atoms with Gasteiger partial charge in [-0.2, -0.15) is 13.2 Å². The molecule has 1 N–H and O–H groups in total.